The maximum Gasteiger partial charge on any atom is 0.410 e. The Morgan fingerprint density at radius 2 is 1.97 bits per heavy atom. The summed E-state index contributed by atoms with van der Waals surface area (Å²) in [6, 6.07) is -0.281. The molecule has 2 saturated heterocycles. The molecule has 0 saturated carbocycles. The van der Waals surface area contributed by atoms with Gasteiger partial charge in [-0.05, 0) is 75.9 Å². The first-order valence-electron chi connectivity index (χ1n) is 11.3. The van der Waals surface area contributed by atoms with Crippen LogP contribution in [0.2, 0.25) is 5.02 Å². The summed E-state index contributed by atoms with van der Waals surface area (Å²) in [5.41, 5.74) is 0.941. The molecular formula is C24H28BrClFN3O3. The number of nitrogens with zero attached hydrogens (tertiary/aromatic N) is 3. The van der Waals surface area contributed by atoms with Crippen molar-refractivity contribution >= 4 is 50.2 Å². The molecule has 3 aliphatic heterocycles. The number of amides is 1. The van der Waals surface area contributed by atoms with Gasteiger partial charge in [-0.3, -0.25) is 4.90 Å². The maximum atomic E-state index is 15.5. The number of carbonyl (C=O) groups excluding carboxylic acids is 1. The fourth-order valence-electron chi connectivity index (χ4n) is 5.63. The quantitative estimate of drug-likeness (QED) is 0.376. The minimum atomic E-state index is -0.575. The standard InChI is InChI=1S/C24H28BrClFN3O3/c1-10-11(2)28-22-16-15(10)19(27)17(25)18(26)21(16)32-12(3)20-14-8-7-13(9-29(20)22)30(14)23(31)33-24(4,5)6/h12-14,20H,7-9H2,1-6H3/t12-,13+,14-,20+/m0/s1. The number of aryl methyl sites for hydroxylation is 2. The van der Waals surface area contributed by atoms with Crippen molar-refractivity contribution in [2.75, 3.05) is 11.4 Å². The molecule has 0 aliphatic carbocycles. The summed E-state index contributed by atoms with van der Waals surface area (Å²) in [4.78, 5) is 22.2. The van der Waals surface area contributed by atoms with E-state index in [4.69, 9.17) is 26.1 Å². The fraction of sp³-hybridized carbons (Fsp3) is 0.583. The third-order valence-corrected chi connectivity index (χ3v) is 8.40. The number of carbonyl (C=O) groups is 1. The summed E-state index contributed by atoms with van der Waals surface area (Å²) in [5, 5.41) is 1.27. The van der Waals surface area contributed by atoms with Crippen molar-refractivity contribution in [3.63, 3.8) is 0 Å². The molecule has 4 heterocycles. The lowest BCUT2D eigenvalue weighted by Crippen LogP contribution is -2.65. The van der Waals surface area contributed by atoms with E-state index < -0.39 is 11.4 Å². The first-order chi connectivity index (χ1) is 15.4. The van der Waals surface area contributed by atoms with Gasteiger partial charge >= 0.3 is 6.09 Å². The van der Waals surface area contributed by atoms with E-state index in [1.54, 1.807) is 0 Å². The largest absolute Gasteiger partial charge is 0.486 e. The number of ether oxygens (including phenoxy) is 2. The molecule has 33 heavy (non-hydrogen) atoms. The zero-order chi connectivity index (χ0) is 24.0. The van der Waals surface area contributed by atoms with Crippen LogP contribution in [0, 0.1) is 19.7 Å². The summed E-state index contributed by atoms with van der Waals surface area (Å²) in [5.74, 6) is 0.701. The molecule has 3 aliphatic rings. The molecule has 6 nitrogen and oxygen atoms in total. The normalized spacial score (nSPS) is 26.2. The van der Waals surface area contributed by atoms with E-state index in [0.717, 1.165) is 24.1 Å². The number of hydrogen-bond acceptors (Lipinski definition) is 5. The monoisotopic (exact) mass is 539 g/mol. The summed E-state index contributed by atoms with van der Waals surface area (Å²) in [6.07, 6.45) is 1.11. The molecule has 0 radical (unpaired) electrons. The molecular weight excluding hydrogens is 513 g/mol. The van der Waals surface area contributed by atoms with E-state index in [0.29, 0.717) is 28.9 Å². The lowest BCUT2D eigenvalue weighted by molar-refractivity contribution is 0.00115. The summed E-state index contributed by atoms with van der Waals surface area (Å²) < 4.78 is 27.8. The Morgan fingerprint density at radius 1 is 1.27 bits per heavy atom. The Labute approximate surface area is 206 Å². The predicted octanol–water partition coefficient (Wildman–Crippen LogP) is 6.14. The first-order valence-corrected chi connectivity index (χ1v) is 12.5. The fourth-order valence-corrected chi connectivity index (χ4v) is 6.23. The second-order valence-electron chi connectivity index (χ2n) is 10.3. The van der Waals surface area contributed by atoms with E-state index in [1.165, 1.54) is 0 Å². The van der Waals surface area contributed by atoms with Gasteiger partial charge in [-0.2, -0.15) is 0 Å². The van der Waals surface area contributed by atoms with E-state index in [1.807, 2.05) is 46.4 Å². The average Bonchev–Trinajstić information content (AvgIpc) is 2.97. The van der Waals surface area contributed by atoms with Gasteiger partial charge in [0, 0.05) is 17.6 Å². The minimum absolute atomic E-state index is 0.0101. The van der Waals surface area contributed by atoms with Crippen molar-refractivity contribution < 1.29 is 18.7 Å². The van der Waals surface area contributed by atoms with Crippen molar-refractivity contribution in [2.45, 2.75) is 84.2 Å². The van der Waals surface area contributed by atoms with Crippen LogP contribution in [-0.4, -0.2) is 52.4 Å². The maximum absolute atomic E-state index is 15.5. The van der Waals surface area contributed by atoms with Gasteiger partial charge in [-0.1, -0.05) is 11.6 Å². The molecule has 9 heteroatoms. The average molecular weight is 541 g/mol. The van der Waals surface area contributed by atoms with Gasteiger partial charge in [0.15, 0.2) is 5.75 Å². The van der Waals surface area contributed by atoms with Crippen LogP contribution in [-0.2, 0) is 4.74 Å². The van der Waals surface area contributed by atoms with Crippen LogP contribution in [0.15, 0.2) is 4.47 Å². The van der Waals surface area contributed by atoms with Crippen LogP contribution >= 0.6 is 27.5 Å². The van der Waals surface area contributed by atoms with Gasteiger partial charge in [0.05, 0.1) is 28.0 Å². The Balaban J connectivity index is 1.69. The molecule has 1 aromatic carbocycles. The Kier molecular flexibility index (Phi) is 5.29. The van der Waals surface area contributed by atoms with Crippen molar-refractivity contribution in [3.8, 4) is 5.75 Å². The smallest absolute Gasteiger partial charge is 0.410 e. The van der Waals surface area contributed by atoms with Crippen molar-refractivity contribution in [1.29, 1.82) is 0 Å². The third-order valence-electron chi connectivity index (χ3n) is 7.07. The van der Waals surface area contributed by atoms with Gasteiger partial charge in [-0.15, -0.1) is 0 Å². The molecule has 2 fully saturated rings. The molecule has 1 amide bonds. The van der Waals surface area contributed by atoms with E-state index in [2.05, 4.69) is 20.8 Å². The van der Waals surface area contributed by atoms with Gasteiger partial charge in [0.2, 0.25) is 0 Å². The lowest BCUT2D eigenvalue weighted by Gasteiger charge is -2.48. The van der Waals surface area contributed by atoms with Crippen molar-refractivity contribution in [3.05, 3.63) is 26.6 Å². The highest BCUT2D eigenvalue weighted by Crippen LogP contribution is 2.51. The highest BCUT2D eigenvalue weighted by molar-refractivity contribution is 9.10. The number of anilines is 1. The second-order valence-corrected chi connectivity index (χ2v) is 11.5. The number of rotatable bonds is 0. The summed E-state index contributed by atoms with van der Waals surface area (Å²) in [7, 11) is 0. The van der Waals surface area contributed by atoms with Gasteiger partial charge < -0.3 is 14.4 Å². The second kappa shape index (κ2) is 7.60. The van der Waals surface area contributed by atoms with Gasteiger partial charge in [0.1, 0.15) is 28.4 Å². The number of piperazine rings is 1. The zero-order valence-corrected chi connectivity index (χ0v) is 22.0. The third kappa shape index (κ3) is 3.39. The Bertz CT molecular complexity index is 1180. The Hall–Kier alpha value is -1.80. The van der Waals surface area contributed by atoms with Crippen LogP contribution < -0.4 is 9.64 Å². The van der Waals surface area contributed by atoms with Crippen LogP contribution in [0.3, 0.4) is 0 Å². The molecule has 4 atom stereocenters. The predicted molar refractivity (Wildman–Crippen MR) is 130 cm³/mol. The number of halogens is 3. The molecule has 0 N–H and O–H groups in total. The molecule has 2 bridgehead atoms. The van der Waals surface area contributed by atoms with Crippen LogP contribution in [0.4, 0.5) is 15.0 Å². The van der Waals surface area contributed by atoms with E-state index >= 15 is 4.39 Å². The summed E-state index contributed by atoms with van der Waals surface area (Å²) in [6.45, 7) is 11.9. The topological polar surface area (TPSA) is 54.9 Å². The highest BCUT2D eigenvalue weighted by atomic mass is 79.9. The molecule has 178 valence electrons. The number of hydrogen-bond donors (Lipinski definition) is 0. The first kappa shape index (κ1) is 23.0. The van der Waals surface area contributed by atoms with Crippen LogP contribution in [0.25, 0.3) is 10.8 Å². The Morgan fingerprint density at radius 3 is 2.64 bits per heavy atom. The molecule has 1 aromatic heterocycles. The highest BCUT2D eigenvalue weighted by Gasteiger charge is 2.53. The molecule has 5 rings (SSSR count). The van der Waals surface area contributed by atoms with Gasteiger partial charge in [-0.25, -0.2) is 14.2 Å². The van der Waals surface area contributed by atoms with E-state index in [9.17, 15) is 4.79 Å². The molecule has 0 spiro atoms. The number of aromatic nitrogens is 1. The van der Waals surface area contributed by atoms with Crippen LogP contribution in [0.5, 0.6) is 5.75 Å². The molecule has 2 aromatic rings. The van der Waals surface area contributed by atoms with Crippen molar-refractivity contribution in [1.82, 2.24) is 9.88 Å². The lowest BCUT2D eigenvalue weighted by atomic mass is 9.97. The minimum Gasteiger partial charge on any atom is -0.486 e. The number of pyridine rings is 1. The SMILES string of the molecule is Cc1nc2c3c(c(Cl)c(Br)c(F)c3c1C)O[C@@H](C)[C@@H]1[C@@H]3CC[C@H](CN21)N3C(=O)OC(C)(C)C. The number of fused-ring (bicyclic) bond motifs is 5. The van der Waals surface area contributed by atoms with Crippen LogP contribution in [0.1, 0.15) is 51.8 Å². The van der Waals surface area contributed by atoms with Crippen molar-refractivity contribution in [2.24, 2.45) is 0 Å². The van der Waals surface area contributed by atoms with Gasteiger partial charge in [0.25, 0.3) is 0 Å². The van der Waals surface area contributed by atoms with E-state index in [-0.39, 0.29) is 39.8 Å². The summed E-state index contributed by atoms with van der Waals surface area (Å²) >= 11 is 9.92. The zero-order valence-electron chi connectivity index (χ0n) is 19.6. The number of benzene rings is 1. The molecule has 0 unspecified atom stereocenters.